The van der Waals surface area contributed by atoms with Gasteiger partial charge in [-0.3, -0.25) is 0 Å². The Balaban J connectivity index is 3.22. The van der Waals surface area contributed by atoms with E-state index in [1.54, 1.807) is 13.0 Å². The minimum atomic E-state index is -3.66. The monoisotopic (exact) mass is 248 g/mol. The van der Waals surface area contributed by atoms with E-state index in [9.17, 15) is 13.2 Å². The first-order valence-corrected chi connectivity index (χ1v) is 6.53. The van der Waals surface area contributed by atoms with Crippen LogP contribution < -0.4 is 0 Å². The van der Waals surface area contributed by atoms with Crippen molar-refractivity contribution in [1.82, 2.24) is 0 Å². The summed E-state index contributed by atoms with van der Waals surface area (Å²) in [6.07, 6.45) is 0. The Morgan fingerprint density at radius 3 is 2.53 bits per heavy atom. The van der Waals surface area contributed by atoms with Crippen LogP contribution in [0.25, 0.3) is 0 Å². The third-order valence-corrected chi connectivity index (χ3v) is 2.99. The van der Waals surface area contributed by atoms with Crippen LogP contribution in [-0.4, -0.2) is 19.5 Å². The largest absolute Gasteiger partial charge is 0.478 e. The Bertz CT molecular complexity index is 493. The minimum Gasteiger partial charge on any atom is -0.478 e. The molecule has 0 aromatic heterocycles. The number of carboxylic acids is 1. The van der Waals surface area contributed by atoms with Gasteiger partial charge < -0.3 is 5.11 Å². The fourth-order valence-corrected chi connectivity index (χ4v) is 2.29. The molecule has 4 nitrogen and oxygen atoms in total. The fraction of sp³-hybridized carbons (Fsp3) is 0.222. The predicted octanol–water partition coefficient (Wildman–Crippen LogP) is 1.76. The zero-order chi connectivity index (χ0) is 11.6. The third kappa shape index (κ3) is 3.21. The second-order valence-corrected chi connectivity index (χ2v) is 5.85. The molecular weight excluding hydrogens is 240 g/mol. The molecule has 0 heterocycles. The first-order valence-electron chi connectivity index (χ1n) is 4.05. The maximum atomic E-state index is 10.9. The zero-order valence-electron chi connectivity index (χ0n) is 7.90. The molecule has 0 aliphatic heterocycles. The van der Waals surface area contributed by atoms with Crippen LogP contribution in [0.2, 0.25) is 0 Å². The molecule has 0 saturated carbocycles. The van der Waals surface area contributed by atoms with Gasteiger partial charge in [-0.2, -0.15) is 0 Å². The van der Waals surface area contributed by atoms with Gasteiger partial charge in [0.2, 0.25) is 9.05 Å². The molecule has 1 aromatic rings. The smallest absolute Gasteiger partial charge is 0.335 e. The van der Waals surface area contributed by atoms with Crippen LogP contribution in [0, 0.1) is 6.92 Å². The Kier molecular flexibility index (Phi) is 3.36. The van der Waals surface area contributed by atoms with E-state index in [0.717, 1.165) is 0 Å². The van der Waals surface area contributed by atoms with Crippen molar-refractivity contribution in [2.75, 3.05) is 0 Å². The number of benzene rings is 1. The summed E-state index contributed by atoms with van der Waals surface area (Å²) in [4.78, 5) is 10.8. The van der Waals surface area contributed by atoms with Gasteiger partial charge in [0.15, 0.2) is 0 Å². The highest BCUT2D eigenvalue weighted by Gasteiger charge is 2.14. The lowest BCUT2D eigenvalue weighted by Crippen LogP contribution is -2.04. The molecule has 0 amide bonds. The van der Waals surface area contributed by atoms with Crippen molar-refractivity contribution < 1.29 is 18.3 Å². The second-order valence-electron chi connectivity index (χ2n) is 3.08. The van der Waals surface area contributed by atoms with Gasteiger partial charge in [-0.15, -0.1) is 0 Å². The maximum absolute atomic E-state index is 10.9. The highest BCUT2D eigenvalue weighted by atomic mass is 35.7. The molecule has 0 aliphatic carbocycles. The Morgan fingerprint density at radius 2 is 2.07 bits per heavy atom. The number of carboxylic acid groups (broad SMARTS) is 1. The molecule has 1 aromatic carbocycles. The summed E-state index contributed by atoms with van der Waals surface area (Å²) in [5, 5.41) is 8.81. The zero-order valence-corrected chi connectivity index (χ0v) is 9.47. The standard InChI is InChI=1S/C9H9ClO4S/c1-6-7(5-15(10,13)14)3-2-4-8(6)9(11)12/h2-4H,5H2,1H3,(H,11,12). The van der Waals surface area contributed by atoms with E-state index in [1.165, 1.54) is 12.1 Å². The average molecular weight is 249 g/mol. The summed E-state index contributed by atoms with van der Waals surface area (Å²) in [5.74, 6) is -1.44. The van der Waals surface area contributed by atoms with Crippen LogP contribution in [0.1, 0.15) is 21.5 Å². The van der Waals surface area contributed by atoms with Crippen LogP contribution in [0.15, 0.2) is 18.2 Å². The number of carbonyl (C=O) groups is 1. The van der Waals surface area contributed by atoms with E-state index in [-0.39, 0.29) is 11.3 Å². The van der Waals surface area contributed by atoms with Gasteiger partial charge in [0.25, 0.3) is 0 Å². The van der Waals surface area contributed by atoms with Crippen LogP contribution >= 0.6 is 10.7 Å². The molecule has 0 unspecified atom stereocenters. The van der Waals surface area contributed by atoms with Crippen molar-refractivity contribution in [2.45, 2.75) is 12.7 Å². The number of hydrogen-bond donors (Lipinski definition) is 1. The van der Waals surface area contributed by atoms with E-state index < -0.39 is 15.0 Å². The molecule has 0 bridgehead atoms. The topological polar surface area (TPSA) is 71.4 Å². The number of aromatic carboxylic acids is 1. The molecule has 6 heteroatoms. The van der Waals surface area contributed by atoms with Crippen molar-refractivity contribution in [3.05, 3.63) is 34.9 Å². The summed E-state index contributed by atoms with van der Waals surface area (Å²) in [5.41, 5.74) is 0.923. The van der Waals surface area contributed by atoms with Crippen molar-refractivity contribution in [3.63, 3.8) is 0 Å². The first-order chi connectivity index (χ1) is 6.81. The van der Waals surface area contributed by atoms with Gasteiger partial charge in [-0.1, -0.05) is 12.1 Å². The number of hydrogen-bond acceptors (Lipinski definition) is 3. The molecule has 82 valence electrons. The quantitative estimate of drug-likeness (QED) is 0.828. The van der Waals surface area contributed by atoms with Gasteiger partial charge >= 0.3 is 5.97 Å². The molecule has 0 atom stereocenters. The Hall–Kier alpha value is -1.07. The molecule has 1 rings (SSSR count). The van der Waals surface area contributed by atoms with E-state index in [2.05, 4.69) is 0 Å². The predicted molar refractivity (Wildman–Crippen MR) is 56.6 cm³/mol. The summed E-state index contributed by atoms with van der Waals surface area (Å²) >= 11 is 0. The molecule has 0 spiro atoms. The lowest BCUT2D eigenvalue weighted by atomic mass is 10.0. The van der Waals surface area contributed by atoms with Crippen LogP contribution in [-0.2, 0) is 14.8 Å². The lowest BCUT2D eigenvalue weighted by Gasteiger charge is -2.06. The first kappa shape index (κ1) is 12.0. The normalized spacial score (nSPS) is 11.3. The highest BCUT2D eigenvalue weighted by molar-refractivity contribution is 8.13. The molecule has 15 heavy (non-hydrogen) atoms. The summed E-state index contributed by atoms with van der Waals surface area (Å²) in [7, 11) is 1.43. The van der Waals surface area contributed by atoms with Crippen molar-refractivity contribution in [3.8, 4) is 0 Å². The SMILES string of the molecule is Cc1c(CS(=O)(=O)Cl)cccc1C(=O)O. The summed E-state index contributed by atoms with van der Waals surface area (Å²) in [6, 6.07) is 4.46. The molecule has 0 radical (unpaired) electrons. The van der Waals surface area contributed by atoms with E-state index in [1.807, 2.05) is 0 Å². The van der Waals surface area contributed by atoms with Crippen LogP contribution in [0.5, 0.6) is 0 Å². The second kappa shape index (κ2) is 4.20. The van der Waals surface area contributed by atoms with Gasteiger partial charge in [-0.05, 0) is 24.1 Å². The van der Waals surface area contributed by atoms with E-state index in [4.69, 9.17) is 15.8 Å². The van der Waals surface area contributed by atoms with Gasteiger partial charge in [0, 0.05) is 10.7 Å². The van der Waals surface area contributed by atoms with Crippen molar-refractivity contribution in [2.24, 2.45) is 0 Å². The maximum Gasteiger partial charge on any atom is 0.335 e. The Labute approximate surface area is 91.9 Å². The Morgan fingerprint density at radius 1 is 1.47 bits per heavy atom. The van der Waals surface area contributed by atoms with E-state index >= 15 is 0 Å². The molecular formula is C9H9ClO4S. The van der Waals surface area contributed by atoms with Gasteiger partial charge in [0.05, 0.1) is 11.3 Å². The molecule has 1 N–H and O–H groups in total. The molecule has 0 fully saturated rings. The van der Waals surface area contributed by atoms with E-state index in [0.29, 0.717) is 11.1 Å². The third-order valence-electron chi connectivity index (χ3n) is 2.00. The number of halogens is 1. The van der Waals surface area contributed by atoms with Crippen molar-refractivity contribution >= 4 is 25.7 Å². The van der Waals surface area contributed by atoms with Gasteiger partial charge in [0.1, 0.15) is 0 Å². The molecule has 0 saturated heterocycles. The average Bonchev–Trinajstić information content (AvgIpc) is 2.05. The van der Waals surface area contributed by atoms with Gasteiger partial charge in [-0.25, -0.2) is 13.2 Å². The minimum absolute atomic E-state index is 0.0906. The highest BCUT2D eigenvalue weighted by Crippen LogP contribution is 2.17. The summed E-state index contributed by atoms with van der Waals surface area (Å²) < 4.78 is 21.7. The molecule has 0 aliphatic rings. The summed E-state index contributed by atoms with van der Waals surface area (Å²) in [6.45, 7) is 1.56. The fourth-order valence-electron chi connectivity index (χ4n) is 1.26. The van der Waals surface area contributed by atoms with Crippen LogP contribution in [0.3, 0.4) is 0 Å². The lowest BCUT2D eigenvalue weighted by molar-refractivity contribution is 0.0696. The number of rotatable bonds is 3. The van der Waals surface area contributed by atoms with Crippen molar-refractivity contribution in [1.29, 1.82) is 0 Å². The van der Waals surface area contributed by atoms with Crippen LogP contribution in [0.4, 0.5) is 0 Å².